The van der Waals surface area contributed by atoms with Crippen LogP contribution in [0.2, 0.25) is 0 Å². The van der Waals surface area contributed by atoms with Crippen LogP contribution in [0, 0.1) is 0 Å². The zero-order valence-corrected chi connectivity index (χ0v) is 25.9. The molecule has 228 valence electrons. The Labute approximate surface area is 246 Å². The van der Waals surface area contributed by atoms with E-state index in [2.05, 4.69) is 74.6 Å². The van der Waals surface area contributed by atoms with Gasteiger partial charge in [0.25, 0.3) is 0 Å². The molecule has 1 N–H and O–H groups in total. The van der Waals surface area contributed by atoms with Gasteiger partial charge in [0.2, 0.25) is 0 Å². The average Bonchev–Trinajstić information content (AvgIpc) is 2.94. The van der Waals surface area contributed by atoms with E-state index in [1.54, 1.807) is 0 Å². The van der Waals surface area contributed by atoms with Crippen LogP contribution < -0.4 is 0 Å². The number of ether oxygens (including phenoxy) is 1. The highest BCUT2D eigenvalue weighted by Crippen LogP contribution is 2.15. The highest BCUT2D eigenvalue weighted by atomic mass is 16.5. The fraction of sp³-hybridized carbons (Fsp3) is 0.667. The van der Waals surface area contributed by atoms with Gasteiger partial charge in [0, 0.05) is 12.8 Å². The van der Waals surface area contributed by atoms with E-state index in [9.17, 15) is 9.59 Å². The van der Waals surface area contributed by atoms with Gasteiger partial charge in [-0.25, -0.2) is 0 Å². The fourth-order valence-corrected chi connectivity index (χ4v) is 4.38. The van der Waals surface area contributed by atoms with Crippen molar-refractivity contribution in [2.45, 2.75) is 155 Å². The first-order chi connectivity index (χ1) is 19.6. The first-order valence-corrected chi connectivity index (χ1v) is 16.3. The molecule has 0 aliphatic carbocycles. The van der Waals surface area contributed by atoms with Crippen molar-refractivity contribution >= 4 is 11.9 Å². The van der Waals surface area contributed by atoms with Gasteiger partial charge in [-0.2, -0.15) is 0 Å². The van der Waals surface area contributed by atoms with Crippen LogP contribution in [0.15, 0.2) is 60.8 Å². The van der Waals surface area contributed by atoms with Crippen molar-refractivity contribution in [2.24, 2.45) is 0 Å². The van der Waals surface area contributed by atoms with Gasteiger partial charge in [0.05, 0.1) is 0 Å². The molecule has 0 aromatic rings. The van der Waals surface area contributed by atoms with E-state index in [1.165, 1.54) is 25.7 Å². The highest BCUT2D eigenvalue weighted by Gasteiger charge is 2.12. The molecule has 0 heterocycles. The normalized spacial score (nSPS) is 13.1. The molecular formula is C36H60O4. The van der Waals surface area contributed by atoms with Crippen LogP contribution in [0.4, 0.5) is 0 Å². The molecule has 0 saturated carbocycles. The fourth-order valence-electron chi connectivity index (χ4n) is 4.38. The molecule has 1 atom stereocenters. The van der Waals surface area contributed by atoms with Crippen LogP contribution in [0.3, 0.4) is 0 Å². The van der Waals surface area contributed by atoms with Crippen molar-refractivity contribution in [1.82, 2.24) is 0 Å². The van der Waals surface area contributed by atoms with Gasteiger partial charge in [0.1, 0.15) is 6.10 Å². The smallest absolute Gasteiger partial charge is 0.306 e. The summed E-state index contributed by atoms with van der Waals surface area (Å²) in [5.41, 5.74) is 0. The number of carbonyl (C=O) groups is 2. The van der Waals surface area contributed by atoms with E-state index in [0.717, 1.165) is 96.3 Å². The molecule has 0 saturated heterocycles. The highest BCUT2D eigenvalue weighted by molar-refractivity contribution is 5.69. The quantitative estimate of drug-likeness (QED) is 0.0591. The second-order valence-corrected chi connectivity index (χ2v) is 10.6. The van der Waals surface area contributed by atoms with E-state index >= 15 is 0 Å². The summed E-state index contributed by atoms with van der Waals surface area (Å²) in [5.74, 6) is -0.730. The Kier molecular flexibility index (Phi) is 29.3. The Balaban J connectivity index is 3.61. The minimum atomic E-state index is -0.691. The molecule has 0 bridgehead atoms. The second kappa shape index (κ2) is 31.2. The van der Waals surface area contributed by atoms with E-state index in [1.807, 2.05) is 0 Å². The van der Waals surface area contributed by atoms with Crippen molar-refractivity contribution in [3.63, 3.8) is 0 Å². The van der Waals surface area contributed by atoms with Gasteiger partial charge < -0.3 is 9.84 Å². The van der Waals surface area contributed by atoms with Crippen molar-refractivity contribution in [1.29, 1.82) is 0 Å². The van der Waals surface area contributed by atoms with Crippen LogP contribution in [0.5, 0.6) is 0 Å². The number of unbranched alkanes of at least 4 members (excludes halogenated alkanes) is 10. The van der Waals surface area contributed by atoms with Crippen LogP contribution in [0.25, 0.3) is 0 Å². The molecule has 0 spiro atoms. The SMILES string of the molecule is CC/C=C\C/C=C\C/C=C\C/C=C\C/C=C\CCCCCC(=O)OC(CC)CCCCCCCCCCC(=O)O. The molecule has 0 aromatic carbocycles. The molecule has 0 fully saturated rings. The van der Waals surface area contributed by atoms with Crippen LogP contribution in [0.1, 0.15) is 149 Å². The Morgan fingerprint density at radius 2 is 1.02 bits per heavy atom. The molecule has 0 amide bonds. The summed E-state index contributed by atoms with van der Waals surface area (Å²) in [6.07, 6.45) is 43.1. The van der Waals surface area contributed by atoms with Gasteiger partial charge in [-0.05, 0) is 77.0 Å². The summed E-state index contributed by atoms with van der Waals surface area (Å²) < 4.78 is 5.71. The third-order valence-corrected chi connectivity index (χ3v) is 6.83. The lowest BCUT2D eigenvalue weighted by molar-refractivity contribution is -0.149. The maximum atomic E-state index is 12.2. The average molecular weight is 557 g/mol. The summed E-state index contributed by atoms with van der Waals surface area (Å²) in [7, 11) is 0. The van der Waals surface area contributed by atoms with Gasteiger partial charge in [-0.1, -0.05) is 120 Å². The number of rotatable bonds is 28. The Bertz CT molecular complexity index is 729. The standard InChI is InChI=1S/C36H60O4/c1-3-5-6-7-8-9-10-11-12-13-14-15-16-17-18-19-24-27-30-33-36(39)40-34(4-2)31-28-25-22-20-21-23-26-29-32-35(37)38/h5-6,8-9,11-12,14-15,17-18,34H,3-4,7,10,13,16,19-33H2,1-2H3,(H,37,38)/b6-5-,9-8-,12-11-,15-14-,18-17-. The van der Waals surface area contributed by atoms with Gasteiger partial charge in [0.15, 0.2) is 0 Å². The molecule has 0 aromatic heterocycles. The number of aliphatic carboxylic acids is 1. The lowest BCUT2D eigenvalue weighted by Gasteiger charge is -2.16. The predicted molar refractivity (Wildman–Crippen MR) is 172 cm³/mol. The van der Waals surface area contributed by atoms with E-state index in [4.69, 9.17) is 9.84 Å². The largest absolute Gasteiger partial charge is 0.481 e. The summed E-state index contributed by atoms with van der Waals surface area (Å²) >= 11 is 0. The molecular weight excluding hydrogens is 496 g/mol. The predicted octanol–water partition coefficient (Wildman–Crippen LogP) is 11.0. The number of carbonyl (C=O) groups excluding carboxylic acids is 1. The van der Waals surface area contributed by atoms with Crippen LogP contribution in [-0.2, 0) is 14.3 Å². The molecule has 0 radical (unpaired) electrons. The zero-order chi connectivity index (χ0) is 29.4. The minimum Gasteiger partial charge on any atom is -0.481 e. The lowest BCUT2D eigenvalue weighted by Crippen LogP contribution is -2.17. The van der Waals surface area contributed by atoms with Crippen LogP contribution >= 0.6 is 0 Å². The third kappa shape index (κ3) is 30.2. The summed E-state index contributed by atoms with van der Waals surface area (Å²) in [5, 5.41) is 8.65. The van der Waals surface area contributed by atoms with Gasteiger partial charge in [-0.3, -0.25) is 9.59 Å². The molecule has 1 unspecified atom stereocenters. The van der Waals surface area contributed by atoms with Crippen LogP contribution in [-0.4, -0.2) is 23.1 Å². The van der Waals surface area contributed by atoms with Crippen molar-refractivity contribution in [3.8, 4) is 0 Å². The molecule has 4 nitrogen and oxygen atoms in total. The number of carboxylic acids is 1. The second-order valence-electron chi connectivity index (χ2n) is 10.6. The Morgan fingerprint density at radius 3 is 1.55 bits per heavy atom. The molecule has 0 aliphatic heterocycles. The summed E-state index contributed by atoms with van der Waals surface area (Å²) in [6, 6.07) is 0. The minimum absolute atomic E-state index is 0.0388. The summed E-state index contributed by atoms with van der Waals surface area (Å²) in [6.45, 7) is 4.25. The number of hydrogen-bond acceptors (Lipinski definition) is 3. The van der Waals surface area contributed by atoms with Crippen molar-refractivity contribution < 1.29 is 19.4 Å². The molecule has 0 rings (SSSR count). The number of esters is 1. The van der Waals surface area contributed by atoms with Crippen molar-refractivity contribution in [2.75, 3.05) is 0 Å². The number of allylic oxidation sites excluding steroid dienone is 10. The van der Waals surface area contributed by atoms with Gasteiger partial charge >= 0.3 is 11.9 Å². The Hall–Kier alpha value is -2.36. The van der Waals surface area contributed by atoms with E-state index in [-0.39, 0.29) is 12.1 Å². The van der Waals surface area contributed by atoms with E-state index in [0.29, 0.717) is 12.8 Å². The number of hydrogen-bond donors (Lipinski definition) is 1. The summed E-state index contributed by atoms with van der Waals surface area (Å²) in [4.78, 5) is 22.7. The third-order valence-electron chi connectivity index (χ3n) is 6.83. The zero-order valence-electron chi connectivity index (χ0n) is 25.9. The molecule has 4 heteroatoms. The lowest BCUT2D eigenvalue weighted by atomic mass is 10.0. The monoisotopic (exact) mass is 556 g/mol. The topological polar surface area (TPSA) is 63.6 Å². The maximum absolute atomic E-state index is 12.2. The van der Waals surface area contributed by atoms with E-state index < -0.39 is 5.97 Å². The first kappa shape index (κ1) is 37.6. The first-order valence-electron chi connectivity index (χ1n) is 16.3. The molecule has 40 heavy (non-hydrogen) atoms. The Morgan fingerprint density at radius 1 is 0.575 bits per heavy atom. The number of carboxylic acid groups (broad SMARTS) is 1. The van der Waals surface area contributed by atoms with Crippen molar-refractivity contribution in [3.05, 3.63) is 60.8 Å². The molecule has 0 aliphatic rings. The maximum Gasteiger partial charge on any atom is 0.306 e. The van der Waals surface area contributed by atoms with Gasteiger partial charge in [-0.15, -0.1) is 0 Å².